The number of rotatable bonds is 7. The van der Waals surface area contributed by atoms with Crippen molar-refractivity contribution >= 4 is 29.5 Å². The van der Waals surface area contributed by atoms with Gasteiger partial charge in [0.1, 0.15) is 6.67 Å². The Balaban J connectivity index is 1.74. The van der Waals surface area contributed by atoms with E-state index in [0.29, 0.717) is 17.4 Å². The van der Waals surface area contributed by atoms with E-state index >= 15 is 0 Å². The maximum absolute atomic E-state index is 11.8. The van der Waals surface area contributed by atoms with Crippen LogP contribution in [-0.2, 0) is 0 Å². The largest absolute Gasteiger partial charge is 0.320 e. The molecule has 1 aliphatic heterocycles. The van der Waals surface area contributed by atoms with Crippen LogP contribution in [0.25, 0.3) is 0 Å². The Labute approximate surface area is 154 Å². The van der Waals surface area contributed by atoms with Gasteiger partial charge in [-0.15, -0.1) is 6.58 Å². The van der Waals surface area contributed by atoms with Crippen molar-refractivity contribution in [2.45, 2.75) is 25.2 Å². The lowest BCUT2D eigenvalue weighted by Gasteiger charge is -2.23. The number of benzene rings is 1. The molecule has 0 aliphatic carbocycles. The van der Waals surface area contributed by atoms with Crippen molar-refractivity contribution in [2.24, 2.45) is 4.99 Å². The number of aliphatic imine (C=N–C) groups is 1. The van der Waals surface area contributed by atoms with Gasteiger partial charge < -0.3 is 16.0 Å². The molecule has 1 heterocycles. The zero-order valence-electron chi connectivity index (χ0n) is 14.3. The van der Waals surface area contributed by atoms with Crippen LogP contribution in [0.4, 0.5) is 10.5 Å². The molecule has 1 aromatic rings. The highest BCUT2D eigenvalue weighted by atomic mass is 35.5. The van der Waals surface area contributed by atoms with Crippen molar-refractivity contribution in [3.8, 4) is 0 Å². The second-order valence-electron chi connectivity index (χ2n) is 5.88. The van der Waals surface area contributed by atoms with Gasteiger partial charge in [0.05, 0.1) is 5.03 Å². The fraction of sp³-hybridized carbons (Fsp3) is 0.368. The molecule has 1 unspecified atom stereocenters. The molecular formula is C19H25ClN4O. The first-order valence-corrected chi connectivity index (χ1v) is 8.88. The van der Waals surface area contributed by atoms with E-state index in [4.69, 9.17) is 11.6 Å². The summed E-state index contributed by atoms with van der Waals surface area (Å²) >= 11 is 5.91. The minimum Gasteiger partial charge on any atom is -0.319 e. The molecule has 1 aromatic carbocycles. The third-order valence-corrected chi connectivity index (χ3v) is 4.21. The van der Waals surface area contributed by atoms with Crippen LogP contribution in [-0.4, -0.2) is 32.0 Å². The Morgan fingerprint density at radius 2 is 2.20 bits per heavy atom. The Morgan fingerprint density at radius 3 is 2.88 bits per heavy atom. The Kier molecular flexibility index (Phi) is 8.22. The molecule has 3 N–H and O–H groups in total. The Hall–Kier alpha value is -2.11. The lowest BCUT2D eigenvalue weighted by Crippen LogP contribution is -2.29. The summed E-state index contributed by atoms with van der Waals surface area (Å²) in [6, 6.07) is 7.73. The standard InChI is InChI=1S/C19H25ClN4O/c1-2-3-6-17(20)13-22-14-23-19(25)24-18-9-7-15(8-10-18)16-5-4-11-21-12-16/h2,6-10,13,16,21H,1,3-5,11-12,14H2,(H2,23,24,25)/b17-6+,22-13-. The zero-order chi connectivity index (χ0) is 17.9. The predicted molar refractivity (Wildman–Crippen MR) is 106 cm³/mol. The van der Waals surface area contributed by atoms with E-state index in [1.165, 1.54) is 24.6 Å². The Bertz CT molecular complexity index is 619. The van der Waals surface area contributed by atoms with Crippen LogP contribution in [0.2, 0.25) is 0 Å². The summed E-state index contributed by atoms with van der Waals surface area (Å²) in [4.78, 5) is 15.9. The molecule has 2 rings (SSSR count). The van der Waals surface area contributed by atoms with Crippen molar-refractivity contribution in [3.05, 3.63) is 53.6 Å². The van der Waals surface area contributed by atoms with Gasteiger partial charge >= 0.3 is 6.03 Å². The minimum absolute atomic E-state index is 0.163. The van der Waals surface area contributed by atoms with E-state index in [2.05, 4.69) is 39.7 Å². The number of allylic oxidation sites excluding steroid dienone is 3. The average Bonchev–Trinajstić information content (AvgIpc) is 2.65. The first kappa shape index (κ1) is 19.2. The van der Waals surface area contributed by atoms with Crippen molar-refractivity contribution in [1.29, 1.82) is 0 Å². The molecule has 1 atom stereocenters. The number of nitrogens with zero attached hydrogens (tertiary/aromatic N) is 1. The molecule has 0 spiro atoms. The number of nitrogens with one attached hydrogen (secondary N) is 3. The third-order valence-electron chi connectivity index (χ3n) is 3.96. The summed E-state index contributed by atoms with van der Waals surface area (Å²) in [6.07, 6.45) is 8.16. The third kappa shape index (κ3) is 7.11. The number of carbonyl (C=O) groups excluding carboxylic acids is 1. The summed E-state index contributed by atoms with van der Waals surface area (Å²) in [5, 5.41) is 9.39. The van der Waals surface area contributed by atoms with Crippen LogP contribution in [0.3, 0.4) is 0 Å². The van der Waals surface area contributed by atoms with Crippen LogP contribution in [0.5, 0.6) is 0 Å². The summed E-state index contributed by atoms with van der Waals surface area (Å²) < 4.78 is 0. The van der Waals surface area contributed by atoms with Gasteiger partial charge in [-0.05, 0) is 49.4 Å². The predicted octanol–water partition coefficient (Wildman–Crippen LogP) is 4.00. The fourth-order valence-corrected chi connectivity index (χ4v) is 2.81. The van der Waals surface area contributed by atoms with Gasteiger partial charge in [-0.3, -0.25) is 4.99 Å². The summed E-state index contributed by atoms with van der Waals surface area (Å²) in [6.45, 7) is 5.90. The van der Waals surface area contributed by atoms with Crippen molar-refractivity contribution in [3.63, 3.8) is 0 Å². The molecule has 25 heavy (non-hydrogen) atoms. The summed E-state index contributed by atoms with van der Waals surface area (Å²) in [5.74, 6) is 0.560. The number of carbonyl (C=O) groups is 1. The minimum atomic E-state index is -0.296. The number of hydrogen-bond acceptors (Lipinski definition) is 3. The lowest BCUT2D eigenvalue weighted by atomic mass is 9.92. The highest BCUT2D eigenvalue weighted by molar-refractivity contribution is 6.39. The second kappa shape index (κ2) is 10.7. The van der Waals surface area contributed by atoms with Crippen LogP contribution in [0.15, 0.2) is 53.0 Å². The van der Waals surface area contributed by atoms with Crippen molar-refractivity contribution < 1.29 is 4.79 Å². The van der Waals surface area contributed by atoms with Crippen LogP contribution in [0.1, 0.15) is 30.7 Å². The number of urea groups is 1. The Morgan fingerprint density at radius 1 is 1.40 bits per heavy atom. The fourth-order valence-electron chi connectivity index (χ4n) is 2.65. The van der Waals surface area contributed by atoms with Gasteiger partial charge in [0.25, 0.3) is 0 Å². The first-order chi connectivity index (χ1) is 12.2. The molecule has 0 bridgehead atoms. The molecule has 1 saturated heterocycles. The molecule has 0 aromatic heterocycles. The number of halogens is 1. The average molecular weight is 361 g/mol. The quantitative estimate of drug-likeness (QED) is 0.508. The molecular weight excluding hydrogens is 336 g/mol. The second-order valence-corrected chi connectivity index (χ2v) is 6.32. The van der Waals surface area contributed by atoms with Gasteiger partial charge in [-0.2, -0.15) is 0 Å². The first-order valence-electron chi connectivity index (χ1n) is 8.51. The lowest BCUT2D eigenvalue weighted by molar-refractivity contribution is 0.252. The van der Waals surface area contributed by atoms with Gasteiger partial charge in [0.15, 0.2) is 0 Å². The normalized spacial score (nSPS) is 18.1. The van der Waals surface area contributed by atoms with Crippen LogP contribution < -0.4 is 16.0 Å². The van der Waals surface area contributed by atoms with Gasteiger partial charge in [0.2, 0.25) is 0 Å². The number of hydrogen-bond donors (Lipinski definition) is 3. The van der Waals surface area contributed by atoms with E-state index in [1.807, 2.05) is 12.1 Å². The van der Waals surface area contributed by atoms with Crippen LogP contribution >= 0.6 is 11.6 Å². The van der Waals surface area contributed by atoms with E-state index in [1.54, 1.807) is 12.2 Å². The summed E-state index contributed by atoms with van der Waals surface area (Å²) in [7, 11) is 0. The highest BCUT2D eigenvalue weighted by Gasteiger charge is 2.14. The van der Waals surface area contributed by atoms with E-state index < -0.39 is 0 Å². The number of amides is 2. The number of piperidine rings is 1. The van der Waals surface area contributed by atoms with E-state index in [0.717, 1.165) is 18.8 Å². The SMILES string of the molecule is C=CC/C=C(Cl)\C=N/CNC(=O)Nc1ccc(C2CCCNC2)cc1. The molecule has 1 aliphatic rings. The van der Waals surface area contributed by atoms with Gasteiger partial charge in [-0.1, -0.05) is 35.9 Å². The van der Waals surface area contributed by atoms with E-state index in [-0.39, 0.29) is 12.7 Å². The molecule has 134 valence electrons. The molecule has 0 radical (unpaired) electrons. The highest BCUT2D eigenvalue weighted by Crippen LogP contribution is 2.24. The molecule has 2 amide bonds. The smallest absolute Gasteiger partial charge is 0.319 e. The molecule has 0 saturated carbocycles. The topological polar surface area (TPSA) is 65.5 Å². The monoisotopic (exact) mass is 360 g/mol. The molecule has 5 nitrogen and oxygen atoms in total. The van der Waals surface area contributed by atoms with Crippen LogP contribution in [0, 0.1) is 0 Å². The van der Waals surface area contributed by atoms with Crippen molar-refractivity contribution in [2.75, 3.05) is 25.1 Å². The van der Waals surface area contributed by atoms with Gasteiger partial charge in [0, 0.05) is 18.4 Å². The van der Waals surface area contributed by atoms with Gasteiger partial charge in [-0.25, -0.2) is 4.79 Å². The molecule has 6 heteroatoms. The maximum Gasteiger partial charge on any atom is 0.320 e. The summed E-state index contributed by atoms with van der Waals surface area (Å²) in [5.41, 5.74) is 2.07. The molecule has 1 fully saturated rings. The zero-order valence-corrected chi connectivity index (χ0v) is 15.1. The number of anilines is 1. The maximum atomic E-state index is 11.8. The van der Waals surface area contributed by atoms with Crippen molar-refractivity contribution in [1.82, 2.24) is 10.6 Å². The van der Waals surface area contributed by atoms with E-state index in [9.17, 15) is 4.79 Å².